The number of carbonyl (C=O) groups is 1. The van der Waals surface area contributed by atoms with Gasteiger partial charge in [-0.3, -0.25) is 4.79 Å². The summed E-state index contributed by atoms with van der Waals surface area (Å²) in [5.74, 6) is 0.147. The summed E-state index contributed by atoms with van der Waals surface area (Å²) >= 11 is 0. The molecule has 1 heterocycles. The van der Waals surface area contributed by atoms with Gasteiger partial charge < -0.3 is 4.98 Å². The van der Waals surface area contributed by atoms with Crippen molar-refractivity contribution >= 4 is 16.7 Å². The van der Waals surface area contributed by atoms with Gasteiger partial charge in [0.05, 0.1) is 11.6 Å². The molecule has 1 aromatic carbocycles. The fourth-order valence-electron chi connectivity index (χ4n) is 1.84. The van der Waals surface area contributed by atoms with Crippen LogP contribution in [-0.4, -0.2) is 10.8 Å². The number of hydrogen-bond acceptors (Lipinski definition) is 2. The maximum absolute atomic E-state index is 12.1. The van der Waals surface area contributed by atoms with Crippen LogP contribution in [0.4, 0.5) is 0 Å². The SMILES string of the molecule is CCC(C)C(=O)c1c[nH]c2ccc(C#N)cc12. The molecule has 0 aliphatic rings. The van der Waals surface area contributed by atoms with Gasteiger partial charge in [-0.05, 0) is 24.6 Å². The predicted octanol–water partition coefficient (Wildman–Crippen LogP) is 3.27. The average molecular weight is 226 g/mol. The van der Waals surface area contributed by atoms with E-state index in [9.17, 15) is 4.79 Å². The predicted molar refractivity (Wildman–Crippen MR) is 66.8 cm³/mol. The highest BCUT2D eigenvalue weighted by Gasteiger charge is 2.17. The number of benzene rings is 1. The number of aromatic amines is 1. The van der Waals surface area contributed by atoms with Crippen LogP contribution in [0.2, 0.25) is 0 Å². The largest absolute Gasteiger partial charge is 0.360 e. The van der Waals surface area contributed by atoms with E-state index in [0.29, 0.717) is 11.1 Å². The molecular weight excluding hydrogens is 212 g/mol. The van der Waals surface area contributed by atoms with E-state index >= 15 is 0 Å². The molecule has 0 spiro atoms. The second kappa shape index (κ2) is 4.42. The number of H-pyrrole nitrogens is 1. The van der Waals surface area contributed by atoms with Gasteiger partial charge in [-0.25, -0.2) is 0 Å². The molecule has 2 rings (SSSR count). The highest BCUT2D eigenvalue weighted by molar-refractivity contribution is 6.08. The van der Waals surface area contributed by atoms with E-state index in [1.165, 1.54) is 0 Å². The Bertz CT molecular complexity index is 604. The summed E-state index contributed by atoms with van der Waals surface area (Å²) in [6.07, 6.45) is 2.56. The maximum Gasteiger partial charge on any atom is 0.167 e. The molecule has 0 fully saturated rings. The van der Waals surface area contributed by atoms with Gasteiger partial charge in [-0.1, -0.05) is 13.8 Å². The third-order valence-corrected chi connectivity index (χ3v) is 3.14. The van der Waals surface area contributed by atoms with Crippen molar-refractivity contribution in [2.45, 2.75) is 20.3 Å². The van der Waals surface area contributed by atoms with Gasteiger partial charge in [0.15, 0.2) is 5.78 Å². The van der Waals surface area contributed by atoms with Crippen molar-refractivity contribution in [3.8, 4) is 6.07 Å². The standard InChI is InChI=1S/C14H14N2O/c1-3-9(2)14(17)12-8-16-13-5-4-10(7-15)6-11(12)13/h4-6,8-9,16H,3H2,1-2H3. The first-order chi connectivity index (χ1) is 8.17. The Morgan fingerprint density at radius 1 is 1.53 bits per heavy atom. The van der Waals surface area contributed by atoms with Gasteiger partial charge in [-0.2, -0.15) is 5.26 Å². The monoisotopic (exact) mass is 226 g/mol. The number of nitrogens with one attached hydrogen (secondary N) is 1. The number of nitrogens with zero attached hydrogens (tertiary/aromatic N) is 1. The van der Waals surface area contributed by atoms with E-state index in [2.05, 4.69) is 11.1 Å². The van der Waals surface area contributed by atoms with Gasteiger partial charge in [0, 0.05) is 28.6 Å². The molecule has 1 atom stereocenters. The van der Waals surface area contributed by atoms with Gasteiger partial charge >= 0.3 is 0 Å². The van der Waals surface area contributed by atoms with Gasteiger partial charge in [0.2, 0.25) is 0 Å². The number of nitriles is 1. The summed E-state index contributed by atoms with van der Waals surface area (Å²) < 4.78 is 0. The fraction of sp³-hybridized carbons (Fsp3) is 0.286. The van der Waals surface area contributed by atoms with Crippen LogP contribution in [0.1, 0.15) is 36.2 Å². The molecule has 1 aromatic heterocycles. The van der Waals surface area contributed by atoms with Crippen LogP contribution >= 0.6 is 0 Å². The fourth-order valence-corrected chi connectivity index (χ4v) is 1.84. The van der Waals surface area contributed by atoms with Gasteiger partial charge in [0.1, 0.15) is 0 Å². The number of Topliss-reactive ketones (excluding diaryl/α,β-unsaturated/α-hetero) is 1. The van der Waals surface area contributed by atoms with Crippen LogP contribution in [0.5, 0.6) is 0 Å². The summed E-state index contributed by atoms with van der Waals surface area (Å²) in [7, 11) is 0. The first-order valence-electron chi connectivity index (χ1n) is 5.72. The molecule has 17 heavy (non-hydrogen) atoms. The van der Waals surface area contributed by atoms with E-state index in [4.69, 9.17) is 5.26 Å². The van der Waals surface area contributed by atoms with E-state index in [1.807, 2.05) is 19.9 Å². The minimum atomic E-state index is 0.0136. The Hall–Kier alpha value is -2.08. The van der Waals surface area contributed by atoms with Gasteiger partial charge in [0.25, 0.3) is 0 Å². The number of aromatic nitrogens is 1. The summed E-state index contributed by atoms with van der Waals surface area (Å²) in [4.78, 5) is 15.2. The molecule has 86 valence electrons. The number of carbonyl (C=O) groups excluding carboxylic acids is 1. The minimum absolute atomic E-state index is 0.0136. The second-order valence-electron chi connectivity index (χ2n) is 4.25. The molecular formula is C14H14N2O. The zero-order valence-electron chi connectivity index (χ0n) is 9.95. The third-order valence-electron chi connectivity index (χ3n) is 3.14. The Balaban J connectivity index is 2.55. The van der Waals surface area contributed by atoms with Crippen molar-refractivity contribution in [1.29, 1.82) is 5.26 Å². The molecule has 0 saturated heterocycles. The van der Waals surface area contributed by atoms with Crippen molar-refractivity contribution in [3.05, 3.63) is 35.5 Å². The molecule has 1 N–H and O–H groups in total. The molecule has 0 radical (unpaired) electrons. The number of hydrogen-bond donors (Lipinski definition) is 1. The number of rotatable bonds is 3. The lowest BCUT2D eigenvalue weighted by atomic mass is 9.96. The lowest BCUT2D eigenvalue weighted by Gasteiger charge is -2.05. The Labute approximate surface area is 100 Å². The topological polar surface area (TPSA) is 56.6 Å². The smallest absolute Gasteiger partial charge is 0.167 e. The first kappa shape index (κ1) is 11.4. The van der Waals surface area contributed by atoms with Crippen molar-refractivity contribution in [2.75, 3.05) is 0 Å². The molecule has 2 aromatic rings. The third kappa shape index (κ3) is 1.94. The van der Waals surface area contributed by atoms with E-state index in [0.717, 1.165) is 17.3 Å². The zero-order valence-corrected chi connectivity index (χ0v) is 9.95. The first-order valence-corrected chi connectivity index (χ1v) is 5.72. The van der Waals surface area contributed by atoms with E-state index in [1.54, 1.807) is 18.3 Å². The quantitative estimate of drug-likeness (QED) is 0.816. The normalized spacial score (nSPS) is 12.3. The molecule has 0 aliphatic carbocycles. The second-order valence-corrected chi connectivity index (χ2v) is 4.25. The average Bonchev–Trinajstić information content (AvgIpc) is 2.79. The molecule has 0 saturated carbocycles. The van der Waals surface area contributed by atoms with Crippen LogP contribution in [-0.2, 0) is 0 Å². The summed E-state index contributed by atoms with van der Waals surface area (Å²) in [5, 5.41) is 9.72. The van der Waals surface area contributed by atoms with Crippen molar-refractivity contribution in [1.82, 2.24) is 4.98 Å². The highest BCUT2D eigenvalue weighted by atomic mass is 16.1. The van der Waals surface area contributed by atoms with Crippen LogP contribution in [0, 0.1) is 17.2 Å². The molecule has 3 heteroatoms. The van der Waals surface area contributed by atoms with Crippen LogP contribution < -0.4 is 0 Å². The summed E-state index contributed by atoms with van der Waals surface area (Å²) in [5.41, 5.74) is 2.16. The summed E-state index contributed by atoms with van der Waals surface area (Å²) in [6.45, 7) is 3.92. The molecule has 1 unspecified atom stereocenters. The zero-order chi connectivity index (χ0) is 12.4. The minimum Gasteiger partial charge on any atom is -0.360 e. The molecule has 0 bridgehead atoms. The summed E-state index contributed by atoms with van der Waals surface area (Å²) in [6, 6.07) is 7.44. The van der Waals surface area contributed by atoms with E-state index in [-0.39, 0.29) is 11.7 Å². The van der Waals surface area contributed by atoms with Crippen LogP contribution in [0.3, 0.4) is 0 Å². The van der Waals surface area contributed by atoms with Gasteiger partial charge in [-0.15, -0.1) is 0 Å². The highest BCUT2D eigenvalue weighted by Crippen LogP contribution is 2.23. The van der Waals surface area contributed by atoms with Crippen molar-refractivity contribution in [3.63, 3.8) is 0 Å². The van der Waals surface area contributed by atoms with Crippen molar-refractivity contribution in [2.24, 2.45) is 5.92 Å². The maximum atomic E-state index is 12.1. The molecule has 0 aliphatic heterocycles. The van der Waals surface area contributed by atoms with Crippen LogP contribution in [0.15, 0.2) is 24.4 Å². The van der Waals surface area contributed by atoms with E-state index < -0.39 is 0 Å². The van der Waals surface area contributed by atoms with Crippen molar-refractivity contribution < 1.29 is 4.79 Å². The Morgan fingerprint density at radius 3 is 2.94 bits per heavy atom. The molecule has 0 amide bonds. The lowest BCUT2D eigenvalue weighted by Crippen LogP contribution is -2.09. The lowest BCUT2D eigenvalue weighted by molar-refractivity contribution is 0.0929. The Morgan fingerprint density at radius 2 is 2.29 bits per heavy atom. The Kier molecular flexibility index (Phi) is 2.97. The molecule has 3 nitrogen and oxygen atoms in total. The number of ketones is 1. The number of fused-ring (bicyclic) bond motifs is 1. The van der Waals surface area contributed by atoms with Crippen LogP contribution in [0.25, 0.3) is 10.9 Å².